The fraction of sp³-hybridized carbons (Fsp3) is 0.429. The first-order valence-corrected chi connectivity index (χ1v) is 9.94. The SMILES string of the molecule is CC(C)Cc1cc2c(s1)C[C@H]1c3[nH]c4ccccc4c3CCN1C2. The van der Waals surface area contributed by atoms with Crippen molar-refractivity contribution in [1.29, 1.82) is 0 Å². The number of thiophene rings is 1. The summed E-state index contributed by atoms with van der Waals surface area (Å²) in [6, 6.07) is 11.8. The lowest BCUT2D eigenvalue weighted by Crippen LogP contribution is -2.38. The van der Waals surface area contributed by atoms with Gasteiger partial charge in [0.1, 0.15) is 0 Å². The fourth-order valence-corrected chi connectivity index (χ4v) is 5.95. The molecule has 2 aliphatic heterocycles. The quantitative estimate of drug-likeness (QED) is 0.691. The van der Waals surface area contributed by atoms with E-state index < -0.39 is 0 Å². The van der Waals surface area contributed by atoms with E-state index in [2.05, 4.69) is 65.4 Å². The van der Waals surface area contributed by atoms with Crippen LogP contribution in [0.4, 0.5) is 0 Å². The van der Waals surface area contributed by atoms with Gasteiger partial charge in [0, 0.05) is 45.9 Å². The van der Waals surface area contributed by atoms with E-state index in [1.165, 1.54) is 42.4 Å². The number of benzene rings is 1. The summed E-state index contributed by atoms with van der Waals surface area (Å²) in [6.07, 6.45) is 3.58. The predicted octanol–water partition coefficient (Wildman–Crippen LogP) is 5.08. The molecule has 1 atom stereocenters. The smallest absolute Gasteiger partial charge is 0.0553 e. The van der Waals surface area contributed by atoms with Gasteiger partial charge in [-0.15, -0.1) is 11.3 Å². The van der Waals surface area contributed by atoms with E-state index >= 15 is 0 Å². The zero-order chi connectivity index (χ0) is 16.3. The highest BCUT2D eigenvalue weighted by Crippen LogP contribution is 2.42. The lowest BCUT2D eigenvalue weighted by molar-refractivity contribution is 0.160. The molecule has 2 nitrogen and oxygen atoms in total. The minimum absolute atomic E-state index is 0.541. The monoisotopic (exact) mass is 336 g/mol. The Labute approximate surface area is 147 Å². The molecule has 0 bridgehead atoms. The van der Waals surface area contributed by atoms with Gasteiger partial charge in [-0.05, 0) is 42.0 Å². The maximum atomic E-state index is 3.75. The number of nitrogens with zero attached hydrogens (tertiary/aromatic N) is 1. The molecule has 1 N–H and O–H groups in total. The van der Waals surface area contributed by atoms with Crippen molar-refractivity contribution >= 4 is 22.2 Å². The molecule has 124 valence electrons. The third-order valence-corrected chi connectivity index (χ3v) is 6.80. The molecule has 0 saturated heterocycles. The minimum atomic E-state index is 0.541. The molecule has 0 amide bonds. The predicted molar refractivity (Wildman–Crippen MR) is 102 cm³/mol. The third-order valence-electron chi connectivity index (χ3n) is 5.58. The second kappa shape index (κ2) is 5.47. The molecule has 0 aliphatic carbocycles. The van der Waals surface area contributed by atoms with Crippen molar-refractivity contribution < 1.29 is 0 Å². The van der Waals surface area contributed by atoms with Crippen molar-refractivity contribution in [3.8, 4) is 0 Å². The van der Waals surface area contributed by atoms with E-state index in [4.69, 9.17) is 0 Å². The molecule has 24 heavy (non-hydrogen) atoms. The summed E-state index contributed by atoms with van der Waals surface area (Å²) in [4.78, 5) is 9.63. The second-order valence-corrected chi connectivity index (χ2v) is 8.98. The summed E-state index contributed by atoms with van der Waals surface area (Å²) >= 11 is 2.06. The molecule has 2 aliphatic rings. The van der Waals surface area contributed by atoms with Gasteiger partial charge in [0.2, 0.25) is 0 Å². The first-order valence-electron chi connectivity index (χ1n) is 9.13. The van der Waals surface area contributed by atoms with E-state index in [1.807, 2.05) is 0 Å². The Morgan fingerprint density at radius 1 is 1.29 bits per heavy atom. The van der Waals surface area contributed by atoms with Crippen LogP contribution in [0.5, 0.6) is 0 Å². The molecule has 0 fully saturated rings. The Bertz CT molecular complexity index is 902. The maximum absolute atomic E-state index is 3.75. The number of aromatic nitrogens is 1. The highest BCUT2D eigenvalue weighted by molar-refractivity contribution is 7.12. The van der Waals surface area contributed by atoms with Crippen LogP contribution in [-0.2, 0) is 25.8 Å². The Morgan fingerprint density at radius 3 is 3.04 bits per heavy atom. The third kappa shape index (κ3) is 2.26. The first kappa shape index (κ1) is 14.7. The molecule has 0 radical (unpaired) electrons. The summed E-state index contributed by atoms with van der Waals surface area (Å²) in [5.74, 6) is 0.744. The van der Waals surface area contributed by atoms with Crippen LogP contribution in [0.1, 0.15) is 46.5 Å². The van der Waals surface area contributed by atoms with E-state index in [-0.39, 0.29) is 0 Å². The van der Waals surface area contributed by atoms with E-state index in [9.17, 15) is 0 Å². The number of nitrogens with one attached hydrogen (secondary N) is 1. The zero-order valence-corrected chi connectivity index (χ0v) is 15.2. The van der Waals surface area contributed by atoms with Crippen LogP contribution in [0, 0.1) is 5.92 Å². The van der Waals surface area contributed by atoms with Crippen LogP contribution in [0.15, 0.2) is 30.3 Å². The van der Waals surface area contributed by atoms with Gasteiger partial charge in [-0.1, -0.05) is 32.0 Å². The average Bonchev–Trinajstić information content (AvgIpc) is 3.11. The van der Waals surface area contributed by atoms with Crippen molar-refractivity contribution in [3.63, 3.8) is 0 Å². The lowest BCUT2D eigenvalue weighted by Gasteiger charge is -2.39. The molecule has 4 heterocycles. The molecule has 3 heteroatoms. The topological polar surface area (TPSA) is 19.0 Å². The van der Waals surface area contributed by atoms with Crippen LogP contribution in [0.2, 0.25) is 0 Å². The molecule has 0 spiro atoms. The van der Waals surface area contributed by atoms with Gasteiger partial charge < -0.3 is 4.98 Å². The van der Waals surface area contributed by atoms with Crippen LogP contribution >= 0.6 is 11.3 Å². The van der Waals surface area contributed by atoms with Gasteiger partial charge in [-0.2, -0.15) is 0 Å². The normalized spacial score (nSPS) is 20.2. The molecular formula is C21H24N2S. The number of fused-ring (bicyclic) bond motifs is 6. The molecule has 3 aromatic rings. The van der Waals surface area contributed by atoms with Gasteiger partial charge in [0.05, 0.1) is 6.04 Å². The van der Waals surface area contributed by atoms with Gasteiger partial charge in [-0.25, -0.2) is 0 Å². The number of hydrogen-bond donors (Lipinski definition) is 1. The highest BCUT2D eigenvalue weighted by Gasteiger charge is 2.35. The summed E-state index contributed by atoms with van der Waals surface area (Å²) in [6.45, 7) is 6.95. The van der Waals surface area contributed by atoms with Gasteiger partial charge >= 0.3 is 0 Å². The first-order chi connectivity index (χ1) is 11.7. The lowest BCUT2D eigenvalue weighted by atomic mass is 9.91. The van der Waals surface area contributed by atoms with Gasteiger partial charge in [0.15, 0.2) is 0 Å². The van der Waals surface area contributed by atoms with Crippen LogP contribution in [0.25, 0.3) is 10.9 Å². The van der Waals surface area contributed by atoms with Crippen molar-refractivity contribution in [3.05, 3.63) is 56.9 Å². The van der Waals surface area contributed by atoms with Crippen LogP contribution in [-0.4, -0.2) is 16.4 Å². The molecular weight excluding hydrogens is 312 g/mol. The zero-order valence-electron chi connectivity index (χ0n) is 14.4. The van der Waals surface area contributed by atoms with Crippen molar-refractivity contribution in [2.75, 3.05) is 6.54 Å². The minimum Gasteiger partial charge on any atom is -0.357 e. The number of H-pyrrole nitrogens is 1. The molecule has 0 unspecified atom stereocenters. The summed E-state index contributed by atoms with van der Waals surface area (Å²) in [5.41, 5.74) is 5.94. The summed E-state index contributed by atoms with van der Waals surface area (Å²) in [5, 5.41) is 1.43. The summed E-state index contributed by atoms with van der Waals surface area (Å²) in [7, 11) is 0. The van der Waals surface area contributed by atoms with Crippen LogP contribution < -0.4 is 0 Å². The Kier molecular flexibility index (Phi) is 3.36. The number of para-hydroxylation sites is 1. The highest BCUT2D eigenvalue weighted by atomic mass is 32.1. The standard InChI is InChI=1S/C21H24N2S/c1-13(2)9-15-10-14-12-23-8-7-17-16-5-3-4-6-18(16)22-21(17)19(23)11-20(14)24-15/h3-6,10,13,19,22H,7-9,11-12H2,1-2H3/t19-/m0/s1. The number of aromatic amines is 1. The Balaban J connectivity index is 1.54. The molecule has 1 aromatic carbocycles. The molecule has 0 saturated carbocycles. The maximum Gasteiger partial charge on any atom is 0.0553 e. The Hall–Kier alpha value is -1.58. The van der Waals surface area contributed by atoms with Crippen LogP contribution in [0.3, 0.4) is 0 Å². The average molecular weight is 337 g/mol. The largest absolute Gasteiger partial charge is 0.357 e. The second-order valence-electron chi connectivity index (χ2n) is 7.76. The van der Waals surface area contributed by atoms with Crippen molar-refractivity contribution in [1.82, 2.24) is 9.88 Å². The number of hydrogen-bond acceptors (Lipinski definition) is 2. The Morgan fingerprint density at radius 2 is 2.17 bits per heavy atom. The van der Waals surface area contributed by atoms with Crippen molar-refractivity contribution in [2.45, 2.75) is 45.7 Å². The molecule has 2 aromatic heterocycles. The van der Waals surface area contributed by atoms with Gasteiger partial charge in [0.25, 0.3) is 0 Å². The van der Waals surface area contributed by atoms with E-state index in [1.54, 1.807) is 20.9 Å². The molecule has 5 rings (SSSR count). The van der Waals surface area contributed by atoms with Crippen molar-refractivity contribution in [2.24, 2.45) is 5.92 Å². The number of rotatable bonds is 2. The van der Waals surface area contributed by atoms with E-state index in [0.717, 1.165) is 12.5 Å². The fourth-order valence-electron chi connectivity index (χ4n) is 4.52. The van der Waals surface area contributed by atoms with Gasteiger partial charge in [-0.3, -0.25) is 4.90 Å². The summed E-state index contributed by atoms with van der Waals surface area (Å²) < 4.78 is 0. The van der Waals surface area contributed by atoms with E-state index in [0.29, 0.717) is 6.04 Å².